The van der Waals surface area contributed by atoms with Crippen LogP contribution in [0.25, 0.3) is 33.5 Å². The summed E-state index contributed by atoms with van der Waals surface area (Å²) in [4.78, 5) is 27.1. The number of carboxylic acids is 2. The Labute approximate surface area is 146 Å². The molecule has 0 unspecified atom stereocenters. The van der Waals surface area contributed by atoms with Gasteiger partial charge in [-0.25, -0.2) is 4.98 Å². The first-order chi connectivity index (χ1) is 12.5. The number of hydrogen-bond donors (Lipinski definition) is 2. The Hall–Kier alpha value is -3.68. The Balaban J connectivity index is 2.01. The van der Waals surface area contributed by atoms with Gasteiger partial charge in [0.25, 0.3) is 0 Å². The summed E-state index contributed by atoms with van der Waals surface area (Å²) in [5.41, 5.74) is 2.44. The van der Waals surface area contributed by atoms with Gasteiger partial charge in [-0.2, -0.15) is 5.10 Å². The topological polar surface area (TPSA) is 110 Å². The normalized spacial score (nSPS) is 11.2. The lowest BCUT2D eigenvalue weighted by atomic mass is 10.2. The summed E-state index contributed by atoms with van der Waals surface area (Å²) in [6.07, 6.45) is 0. The third-order valence-electron chi connectivity index (χ3n) is 4.10. The average Bonchev–Trinajstić information content (AvgIpc) is 3.13. The minimum atomic E-state index is -1.01. The van der Waals surface area contributed by atoms with E-state index in [4.69, 9.17) is 5.11 Å². The molecule has 26 heavy (non-hydrogen) atoms. The molecule has 0 atom stereocenters. The van der Waals surface area contributed by atoms with Crippen LogP contribution in [0.15, 0.2) is 48.5 Å². The van der Waals surface area contributed by atoms with Gasteiger partial charge in [-0.05, 0) is 18.2 Å². The molecule has 0 saturated heterocycles. The van der Waals surface area contributed by atoms with Gasteiger partial charge in [-0.3, -0.25) is 14.3 Å². The average molecular weight is 350 g/mol. The maximum Gasteiger partial charge on any atom is 0.325 e. The van der Waals surface area contributed by atoms with Crippen molar-refractivity contribution in [1.82, 2.24) is 19.3 Å². The van der Waals surface area contributed by atoms with Crippen LogP contribution in [-0.2, 0) is 22.7 Å². The first-order valence-corrected chi connectivity index (χ1v) is 7.89. The van der Waals surface area contributed by atoms with Crippen LogP contribution >= 0.6 is 0 Å². The molecular formula is C18H14N4O4. The molecule has 130 valence electrons. The summed E-state index contributed by atoms with van der Waals surface area (Å²) in [5, 5.41) is 23.6. The third kappa shape index (κ3) is 2.57. The minimum Gasteiger partial charge on any atom is -0.480 e. The number of aromatic nitrogens is 4. The van der Waals surface area contributed by atoms with Gasteiger partial charge < -0.3 is 14.8 Å². The molecule has 0 radical (unpaired) electrons. The molecule has 8 nitrogen and oxygen atoms in total. The molecular weight excluding hydrogens is 336 g/mol. The molecule has 0 saturated carbocycles. The zero-order chi connectivity index (χ0) is 18.3. The molecule has 0 aliphatic carbocycles. The predicted octanol–water partition coefficient (Wildman–Crippen LogP) is 2.22. The standard InChI is InChI=1S/C18H14N4O4/c23-15(24)9-21-14-8-4-2-6-12(14)19-18(21)17-11-5-1-3-7-13(11)22(20-17)10-16(25)26/h1-8H,9-10H2,(H,23,24)(H,25,26). The second kappa shape index (κ2) is 5.99. The molecule has 0 aliphatic heterocycles. The van der Waals surface area contributed by atoms with Crippen LogP contribution in [0.5, 0.6) is 0 Å². The van der Waals surface area contributed by atoms with Crippen LogP contribution in [0.3, 0.4) is 0 Å². The maximum atomic E-state index is 11.4. The Bertz CT molecular complexity index is 1160. The zero-order valence-corrected chi connectivity index (χ0v) is 13.5. The van der Waals surface area contributed by atoms with Crippen molar-refractivity contribution in [1.29, 1.82) is 0 Å². The van der Waals surface area contributed by atoms with E-state index in [0.29, 0.717) is 28.1 Å². The van der Waals surface area contributed by atoms with E-state index >= 15 is 0 Å². The highest BCUT2D eigenvalue weighted by Crippen LogP contribution is 2.30. The fraction of sp³-hybridized carbons (Fsp3) is 0.111. The van der Waals surface area contributed by atoms with Crippen molar-refractivity contribution in [2.75, 3.05) is 0 Å². The second-order valence-electron chi connectivity index (χ2n) is 5.82. The number of benzene rings is 2. The van der Waals surface area contributed by atoms with Gasteiger partial charge in [-0.15, -0.1) is 0 Å². The van der Waals surface area contributed by atoms with E-state index in [1.54, 1.807) is 28.8 Å². The predicted molar refractivity (Wildman–Crippen MR) is 93.7 cm³/mol. The summed E-state index contributed by atoms with van der Waals surface area (Å²) >= 11 is 0. The van der Waals surface area contributed by atoms with Gasteiger partial charge in [-0.1, -0.05) is 30.3 Å². The van der Waals surface area contributed by atoms with Crippen molar-refractivity contribution in [2.45, 2.75) is 13.1 Å². The summed E-state index contributed by atoms with van der Waals surface area (Å²) < 4.78 is 2.97. The highest BCUT2D eigenvalue weighted by Gasteiger charge is 2.21. The van der Waals surface area contributed by atoms with Crippen molar-refractivity contribution in [2.24, 2.45) is 0 Å². The number of rotatable bonds is 5. The van der Waals surface area contributed by atoms with Crippen molar-refractivity contribution in [3.8, 4) is 11.5 Å². The third-order valence-corrected chi connectivity index (χ3v) is 4.10. The molecule has 2 N–H and O–H groups in total. The van der Waals surface area contributed by atoms with Crippen molar-refractivity contribution in [3.63, 3.8) is 0 Å². The van der Waals surface area contributed by atoms with Crippen molar-refractivity contribution < 1.29 is 19.8 Å². The van der Waals surface area contributed by atoms with Crippen LogP contribution < -0.4 is 0 Å². The lowest BCUT2D eigenvalue weighted by Crippen LogP contribution is -2.11. The first kappa shape index (κ1) is 15.8. The van der Waals surface area contributed by atoms with E-state index in [1.165, 1.54) is 4.68 Å². The van der Waals surface area contributed by atoms with Crippen LogP contribution in [0.1, 0.15) is 0 Å². The maximum absolute atomic E-state index is 11.4. The van der Waals surface area contributed by atoms with Crippen LogP contribution in [-0.4, -0.2) is 41.5 Å². The van der Waals surface area contributed by atoms with Crippen LogP contribution in [0.2, 0.25) is 0 Å². The van der Waals surface area contributed by atoms with Gasteiger partial charge >= 0.3 is 11.9 Å². The monoisotopic (exact) mass is 350 g/mol. The SMILES string of the molecule is O=C(O)Cn1nc(-c2nc3ccccc3n2CC(=O)O)c2ccccc21. The van der Waals surface area contributed by atoms with Crippen molar-refractivity contribution >= 4 is 33.9 Å². The smallest absolute Gasteiger partial charge is 0.325 e. The Kier molecular flexibility index (Phi) is 3.65. The van der Waals surface area contributed by atoms with Gasteiger partial charge in [0.15, 0.2) is 5.82 Å². The minimum absolute atomic E-state index is 0.268. The number of fused-ring (bicyclic) bond motifs is 2. The van der Waals surface area contributed by atoms with Gasteiger partial charge in [0.2, 0.25) is 0 Å². The van der Waals surface area contributed by atoms with Crippen LogP contribution in [0, 0.1) is 0 Å². The number of carboxylic acid groups (broad SMARTS) is 2. The number of nitrogens with zero attached hydrogens (tertiary/aromatic N) is 4. The van der Waals surface area contributed by atoms with E-state index in [2.05, 4.69) is 10.1 Å². The van der Waals surface area contributed by atoms with E-state index < -0.39 is 11.9 Å². The summed E-state index contributed by atoms with van der Waals surface area (Å²) in [5.74, 6) is -1.61. The quantitative estimate of drug-likeness (QED) is 0.571. The van der Waals surface area contributed by atoms with Crippen molar-refractivity contribution in [3.05, 3.63) is 48.5 Å². The number of aliphatic carboxylic acids is 2. The van der Waals surface area contributed by atoms with E-state index in [9.17, 15) is 14.7 Å². The molecule has 8 heteroatoms. The Morgan fingerprint density at radius 2 is 1.54 bits per heavy atom. The van der Waals surface area contributed by atoms with Gasteiger partial charge in [0, 0.05) is 5.39 Å². The second-order valence-corrected chi connectivity index (χ2v) is 5.82. The molecule has 4 rings (SSSR count). The highest BCUT2D eigenvalue weighted by molar-refractivity contribution is 5.94. The molecule has 4 aromatic rings. The zero-order valence-electron chi connectivity index (χ0n) is 13.5. The number of hydrogen-bond acceptors (Lipinski definition) is 4. The lowest BCUT2D eigenvalue weighted by molar-refractivity contribution is -0.138. The molecule has 2 aromatic heterocycles. The fourth-order valence-corrected chi connectivity index (χ4v) is 3.09. The molecule has 2 heterocycles. The summed E-state index contributed by atoms with van der Waals surface area (Å²) in [6, 6.07) is 14.5. The molecule has 0 aliphatic rings. The summed E-state index contributed by atoms with van der Waals surface area (Å²) in [7, 11) is 0. The Morgan fingerprint density at radius 3 is 2.27 bits per heavy atom. The number of para-hydroxylation sites is 3. The van der Waals surface area contributed by atoms with Crippen LogP contribution in [0.4, 0.5) is 0 Å². The molecule has 2 aromatic carbocycles. The number of imidazole rings is 1. The van der Waals surface area contributed by atoms with Gasteiger partial charge in [0.05, 0.1) is 16.6 Å². The molecule has 0 amide bonds. The first-order valence-electron chi connectivity index (χ1n) is 7.89. The number of carbonyl (C=O) groups is 2. The van der Waals surface area contributed by atoms with E-state index in [0.717, 1.165) is 5.39 Å². The largest absolute Gasteiger partial charge is 0.480 e. The van der Waals surface area contributed by atoms with E-state index in [1.807, 2.05) is 24.3 Å². The molecule has 0 bridgehead atoms. The lowest BCUT2D eigenvalue weighted by Gasteiger charge is -2.04. The van der Waals surface area contributed by atoms with Gasteiger partial charge in [0.1, 0.15) is 18.8 Å². The highest BCUT2D eigenvalue weighted by atomic mass is 16.4. The molecule has 0 spiro atoms. The van der Waals surface area contributed by atoms with E-state index in [-0.39, 0.29) is 13.1 Å². The molecule has 0 fully saturated rings. The Morgan fingerprint density at radius 1 is 0.885 bits per heavy atom. The fourth-order valence-electron chi connectivity index (χ4n) is 3.09. The summed E-state index contributed by atoms with van der Waals surface area (Å²) in [6.45, 7) is -0.560.